The van der Waals surface area contributed by atoms with Crippen LogP contribution in [-0.2, 0) is 42.3 Å². The lowest BCUT2D eigenvalue weighted by atomic mass is 9.92. The first-order valence-corrected chi connectivity index (χ1v) is 12.4. The number of carbonyl (C=O) groups excluding carboxylic acids is 1. The van der Waals surface area contributed by atoms with E-state index in [0.29, 0.717) is 37.7 Å². The largest absolute Gasteiger partial charge is 0.417 e. The number of aromatic nitrogens is 2. The molecule has 4 N–H and O–H groups in total. The van der Waals surface area contributed by atoms with E-state index >= 15 is 0 Å². The lowest BCUT2D eigenvalue weighted by Crippen LogP contribution is -2.51. The quantitative estimate of drug-likeness (QED) is 0.577. The number of hydrogen-bond donors (Lipinski definition) is 3. The third kappa shape index (κ3) is 6.86. The summed E-state index contributed by atoms with van der Waals surface area (Å²) in [6, 6.07) is 4.15. The van der Waals surface area contributed by atoms with Gasteiger partial charge in [0.05, 0.1) is 37.3 Å². The van der Waals surface area contributed by atoms with Crippen LogP contribution < -0.4 is 15.8 Å². The van der Waals surface area contributed by atoms with E-state index in [1.165, 1.54) is 35.7 Å². The molecule has 1 fully saturated rings. The van der Waals surface area contributed by atoms with E-state index in [9.17, 15) is 13.6 Å². The Morgan fingerprint density at radius 3 is 2.61 bits per heavy atom. The third-order valence-corrected chi connectivity index (χ3v) is 6.18. The summed E-state index contributed by atoms with van der Waals surface area (Å²) in [5.74, 6) is 0.625. The number of anilines is 1. The van der Waals surface area contributed by atoms with Gasteiger partial charge in [-0.05, 0) is 42.9 Å². The normalized spacial score (nSPS) is 18.3. The monoisotopic (exact) mass is 507 g/mol. The number of aliphatic hydroxyl groups excluding tert-OH is 1. The van der Waals surface area contributed by atoms with Crippen LogP contribution in [0.15, 0.2) is 18.2 Å². The molecule has 0 bridgehead atoms. The maximum atomic E-state index is 12.7. The van der Waals surface area contributed by atoms with Gasteiger partial charge in [0.1, 0.15) is 5.82 Å². The first kappa shape index (κ1) is 27.7. The molecular weight excluding hydrogens is 472 g/mol. The summed E-state index contributed by atoms with van der Waals surface area (Å²) in [5, 5.41) is 11.9. The number of nitrogen functional groups attached to an aromatic ring is 1. The van der Waals surface area contributed by atoms with Gasteiger partial charge < -0.3 is 25.2 Å². The molecule has 0 radical (unpaired) electrons. The zero-order chi connectivity index (χ0) is 26.1. The van der Waals surface area contributed by atoms with Crippen molar-refractivity contribution < 1.29 is 28.2 Å². The Morgan fingerprint density at radius 1 is 1.19 bits per heavy atom. The number of alkyl halides is 2. The second-order valence-electron chi connectivity index (χ2n) is 8.40. The fourth-order valence-electron chi connectivity index (χ4n) is 4.48. The molecule has 2 aromatic rings. The van der Waals surface area contributed by atoms with Gasteiger partial charge in [-0.15, -0.1) is 0 Å². The van der Waals surface area contributed by atoms with Crippen LogP contribution in [0.25, 0.3) is 0 Å². The van der Waals surface area contributed by atoms with Gasteiger partial charge in [-0.2, -0.15) is 8.78 Å². The van der Waals surface area contributed by atoms with Crippen LogP contribution in [0.1, 0.15) is 61.2 Å². The van der Waals surface area contributed by atoms with Crippen LogP contribution >= 0.6 is 0 Å². The number of amides is 1. The zero-order valence-electron chi connectivity index (χ0n) is 20.8. The molecule has 3 aliphatic rings. The van der Waals surface area contributed by atoms with E-state index in [0.717, 1.165) is 37.2 Å². The van der Waals surface area contributed by atoms with E-state index in [4.69, 9.17) is 15.6 Å². The Kier molecular flexibility index (Phi) is 10.3. The first-order chi connectivity index (χ1) is 17.5. The number of nitrogens with one attached hydrogen (secondary N) is 1. The Morgan fingerprint density at radius 2 is 1.92 bits per heavy atom. The molecule has 11 heteroatoms. The summed E-state index contributed by atoms with van der Waals surface area (Å²) in [4.78, 5) is 22.8. The number of aliphatic hydroxyl groups is 1. The van der Waals surface area contributed by atoms with Crippen molar-refractivity contribution in [2.75, 3.05) is 18.8 Å². The number of hydrogen-bond acceptors (Lipinski definition) is 8. The summed E-state index contributed by atoms with van der Waals surface area (Å²) in [5.41, 5.74) is 10.7. The van der Waals surface area contributed by atoms with Crippen LogP contribution in [0.5, 0.6) is 5.88 Å². The van der Waals surface area contributed by atoms with E-state index in [2.05, 4.69) is 20.0 Å². The Bertz CT molecular complexity index is 1020. The van der Waals surface area contributed by atoms with Gasteiger partial charge >= 0.3 is 6.61 Å². The highest BCUT2D eigenvalue weighted by Crippen LogP contribution is 2.32. The number of carbonyl (C=O) groups is 1. The number of piperidine rings is 1. The van der Waals surface area contributed by atoms with Gasteiger partial charge in [0.25, 0.3) is 0 Å². The van der Waals surface area contributed by atoms with Crippen LogP contribution in [0.3, 0.4) is 0 Å². The molecule has 198 valence electrons. The summed E-state index contributed by atoms with van der Waals surface area (Å²) in [6.07, 6.45) is 4.18. The molecule has 0 saturated carbocycles. The van der Waals surface area contributed by atoms with Crippen molar-refractivity contribution in [3.63, 3.8) is 0 Å². The van der Waals surface area contributed by atoms with Crippen LogP contribution in [0.2, 0.25) is 0 Å². The minimum Gasteiger partial charge on any atom is -0.417 e. The average molecular weight is 508 g/mol. The minimum atomic E-state index is -2.88. The minimum absolute atomic E-state index is 0.138. The van der Waals surface area contributed by atoms with Gasteiger partial charge in [0.2, 0.25) is 11.8 Å². The molecule has 5 heterocycles. The predicted octanol–water partition coefficient (Wildman–Crippen LogP) is 2.92. The highest BCUT2D eigenvalue weighted by Gasteiger charge is 2.33. The number of nitrogens with two attached hydrogens (primary N) is 1. The van der Waals surface area contributed by atoms with Crippen molar-refractivity contribution in [3.05, 3.63) is 46.3 Å². The summed E-state index contributed by atoms with van der Waals surface area (Å²) in [6.45, 7) is 4.36. The van der Waals surface area contributed by atoms with Crippen molar-refractivity contribution in [3.8, 4) is 5.88 Å². The number of rotatable bonds is 4. The van der Waals surface area contributed by atoms with Crippen molar-refractivity contribution >= 4 is 11.7 Å². The topological polar surface area (TPSA) is 123 Å². The smallest absolute Gasteiger partial charge is 0.388 e. The van der Waals surface area contributed by atoms with Crippen molar-refractivity contribution in [2.45, 2.75) is 78.5 Å². The van der Waals surface area contributed by atoms with E-state index in [1.807, 2.05) is 18.7 Å². The molecule has 0 aromatic carbocycles. The molecule has 1 amide bonds. The summed E-state index contributed by atoms with van der Waals surface area (Å²) in [7, 11) is 0. The van der Waals surface area contributed by atoms with Gasteiger partial charge in [-0.3, -0.25) is 10.1 Å². The van der Waals surface area contributed by atoms with Gasteiger partial charge in [0.15, 0.2) is 0 Å². The Balaban J connectivity index is 0.000000220. The zero-order valence-corrected chi connectivity index (χ0v) is 20.8. The highest BCUT2D eigenvalue weighted by molar-refractivity contribution is 5.83. The fraction of sp³-hybridized carbons (Fsp3) is 0.560. The molecule has 1 atom stereocenters. The fourth-order valence-corrected chi connectivity index (χ4v) is 4.48. The average Bonchev–Trinajstić information content (AvgIpc) is 3.41. The summed E-state index contributed by atoms with van der Waals surface area (Å²) < 4.78 is 32.8. The maximum absolute atomic E-state index is 12.7. The lowest BCUT2D eigenvalue weighted by molar-refractivity contribution is -0.134. The number of fused-ring (bicyclic) bond motifs is 3. The van der Waals surface area contributed by atoms with Gasteiger partial charge in [-0.1, -0.05) is 19.9 Å². The second-order valence-corrected chi connectivity index (χ2v) is 8.40. The maximum Gasteiger partial charge on any atom is 0.388 e. The van der Waals surface area contributed by atoms with Crippen molar-refractivity contribution in [2.24, 2.45) is 0 Å². The Hall–Kier alpha value is -2.89. The number of halogens is 2. The number of ether oxygens (including phenoxy) is 2. The van der Waals surface area contributed by atoms with Crippen LogP contribution in [-0.4, -0.2) is 51.6 Å². The van der Waals surface area contributed by atoms with E-state index in [-0.39, 0.29) is 24.4 Å². The molecule has 2 aromatic heterocycles. The van der Waals surface area contributed by atoms with Gasteiger partial charge in [-0.25, -0.2) is 9.97 Å². The number of nitrogens with zero attached hydrogens (tertiary/aromatic N) is 3. The number of likely N-dealkylation sites (tertiary alicyclic amines) is 1. The second kappa shape index (κ2) is 13.4. The SMILES string of the molecule is CC.Nc1nc2c(c3c1COC3)CC(C(=O)N1CCCCC1)NC2.OCc1cccc(OC(F)F)n1. The molecule has 1 unspecified atom stereocenters. The summed E-state index contributed by atoms with van der Waals surface area (Å²) >= 11 is 0. The predicted molar refractivity (Wildman–Crippen MR) is 130 cm³/mol. The number of pyridine rings is 2. The van der Waals surface area contributed by atoms with E-state index < -0.39 is 6.61 Å². The van der Waals surface area contributed by atoms with Crippen LogP contribution in [0, 0.1) is 0 Å². The van der Waals surface area contributed by atoms with Crippen molar-refractivity contribution in [1.82, 2.24) is 20.2 Å². The standard InChI is InChI=1S/C16H22N4O2.C7H7F2NO2.C2H6/c17-15-12-9-22-8-11(12)10-6-13(18-7-14(10)19-15)16(21)20-4-2-1-3-5-20;8-7(9)12-6-3-1-2-5(4-11)10-6;1-2/h13,18H,1-9H2,(H2,17,19);1-3,7,11H,4H2;1-2H3. The molecule has 3 aliphatic heterocycles. The van der Waals surface area contributed by atoms with Gasteiger partial charge in [0, 0.05) is 31.3 Å². The third-order valence-electron chi connectivity index (χ3n) is 6.18. The highest BCUT2D eigenvalue weighted by atomic mass is 19.3. The molecule has 36 heavy (non-hydrogen) atoms. The van der Waals surface area contributed by atoms with Crippen LogP contribution in [0.4, 0.5) is 14.6 Å². The molecule has 0 aliphatic carbocycles. The molecule has 9 nitrogen and oxygen atoms in total. The lowest BCUT2D eigenvalue weighted by Gasteiger charge is -2.33. The molecular formula is C25H35F2N5O4. The Labute approximate surface area is 210 Å². The molecule has 5 rings (SSSR count). The van der Waals surface area contributed by atoms with Crippen molar-refractivity contribution in [1.29, 1.82) is 0 Å². The van der Waals surface area contributed by atoms with E-state index in [1.54, 1.807) is 0 Å². The molecule has 1 saturated heterocycles. The molecule has 0 spiro atoms. The first-order valence-electron chi connectivity index (χ1n) is 12.4.